The van der Waals surface area contributed by atoms with Gasteiger partial charge in [-0.2, -0.15) is 26.7 Å². The summed E-state index contributed by atoms with van der Waals surface area (Å²) in [5.41, 5.74) is 2.68. The average molecular weight is 776 g/mol. The molecule has 0 spiro atoms. The minimum Gasteiger partial charge on any atom is -0.464 e. The molecule has 272 valence electrons. The Kier molecular flexibility index (Phi) is 10.8. The van der Waals surface area contributed by atoms with Crippen molar-refractivity contribution in [3.05, 3.63) is 124 Å². The Balaban J connectivity index is 0.000000407. The Hall–Kier alpha value is -5.23. The van der Waals surface area contributed by atoms with E-state index in [1.807, 2.05) is 6.92 Å². The second-order valence-corrected chi connectivity index (χ2v) is 15.1. The normalized spacial score (nSPS) is 12.0. The molecule has 0 atom stereocenters. The van der Waals surface area contributed by atoms with Gasteiger partial charge in [-0.15, -0.1) is 0 Å². The van der Waals surface area contributed by atoms with Gasteiger partial charge in [0.05, 0.1) is 31.4 Å². The van der Waals surface area contributed by atoms with Crippen LogP contribution in [0.4, 0.5) is 18.0 Å². The highest BCUT2D eigenvalue weighted by Gasteiger charge is 2.34. The number of hydrogen-bond donors (Lipinski definition) is 3. The summed E-state index contributed by atoms with van der Waals surface area (Å²) < 4.78 is 97.9. The zero-order valence-electron chi connectivity index (χ0n) is 27.2. The predicted octanol–water partition coefficient (Wildman–Crippen LogP) is 7.55. The monoisotopic (exact) mass is 775 g/mol. The van der Waals surface area contributed by atoms with Gasteiger partial charge in [-0.1, -0.05) is 59.1 Å². The number of fused-ring (bicyclic) bond motifs is 1. The smallest absolute Gasteiger partial charge is 0.421 e. The lowest BCUT2D eigenvalue weighted by Crippen LogP contribution is -2.37. The Bertz CT molecular complexity index is 2440. The number of imidazole rings is 1. The molecule has 0 radical (unpaired) electrons. The molecule has 1 amide bonds. The highest BCUT2D eigenvalue weighted by atomic mass is 35.5. The zero-order valence-corrected chi connectivity index (χ0v) is 29.6. The SMILES string of the molecule is Cc1ccc(S(=O)(=O)N(CCc2ccc(-n3c(-c4cc[nH]n4)nc4cc(C(F)(F)F)c(Cl)cc43)cc2)C(=O)O)cc1.Cc1ccc(S(=O)(=O)O)cc1. The third-order valence-corrected chi connectivity index (χ3v) is 10.7. The molecule has 4 aromatic carbocycles. The van der Waals surface area contributed by atoms with Crippen molar-refractivity contribution in [2.75, 3.05) is 6.54 Å². The van der Waals surface area contributed by atoms with Crippen molar-refractivity contribution in [2.45, 2.75) is 36.2 Å². The van der Waals surface area contributed by atoms with E-state index in [-0.39, 0.29) is 34.1 Å². The number of nitrogens with zero attached hydrogens (tertiary/aromatic N) is 4. The summed E-state index contributed by atoms with van der Waals surface area (Å²) >= 11 is 6.01. The molecule has 2 heterocycles. The summed E-state index contributed by atoms with van der Waals surface area (Å²) in [4.78, 5) is 16.0. The van der Waals surface area contributed by atoms with Crippen LogP contribution in [0.25, 0.3) is 28.2 Å². The number of carboxylic acid groups (broad SMARTS) is 1. The first kappa shape index (κ1) is 38.0. The van der Waals surface area contributed by atoms with Crippen molar-refractivity contribution in [1.82, 2.24) is 24.1 Å². The van der Waals surface area contributed by atoms with Crippen LogP contribution in [-0.2, 0) is 32.7 Å². The number of benzene rings is 4. The molecule has 0 aliphatic rings. The molecule has 0 unspecified atom stereocenters. The maximum absolute atomic E-state index is 13.5. The fourth-order valence-corrected chi connectivity index (χ4v) is 7.06. The second-order valence-electron chi connectivity index (χ2n) is 11.4. The van der Waals surface area contributed by atoms with Crippen LogP contribution >= 0.6 is 11.6 Å². The standard InChI is InChI=1S/C27H21ClF3N5O4S.C7H8O3S/c1-16-2-8-19(9-3-16)41(39,40)35(26(37)38)13-11-17-4-6-18(7-5-17)36-24-15-21(28)20(27(29,30)31)14-23(24)33-25(36)22-10-12-32-34-22;1-6-2-4-7(5-3-6)11(8,9)10/h2-10,12,14-15H,11,13H2,1H3,(H,32,34)(H,37,38);2-5H,1H3,(H,8,9,10). The number of hydrogen-bond acceptors (Lipinski definition) is 7. The van der Waals surface area contributed by atoms with E-state index < -0.39 is 43.0 Å². The average Bonchev–Trinajstić information content (AvgIpc) is 3.73. The van der Waals surface area contributed by atoms with Crippen molar-refractivity contribution in [3.63, 3.8) is 0 Å². The number of amides is 1. The number of aromatic nitrogens is 4. The molecule has 0 aliphatic heterocycles. The van der Waals surface area contributed by atoms with E-state index in [1.54, 1.807) is 72.3 Å². The van der Waals surface area contributed by atoms with Crippen LogP contribution in [0.1, 0.15) is 22.3 Å². The first-order valence-electron chi connectivity index (χ1n) is 15.1. The summed E-state index contributed by atoms with van der Waals surface area (Å²) in [6.07, 6.45) is -4.64. The number of carbonyl (C=O) groups is 1. The summed E-state index contributed by atoms with van der Waals surface area (Å²) in [5, 5.41) is 15.9. The highest BCUT2D eigenvalue weighted by Crippen LogP contribution is 2.39. The maximum Gasteiger partial charge on any atom is 0.421 e. The Morgan fingerprint density at radius 3 is 1.96 bits per heavy atom. The molecule has 3 N–H and O–H groups in total. The van der Waals surface area contributed by atoms with E-state index in [9.17, 15) is 39.9 Å². The molecule has 2 aromatic heterocycles. The van der Waals surface area contributed by atoms with E-state index in [2.05, 4.69) is 15.2 Å². The number of halogens is 4. The van der Waals surface area contributed by atoms with Crippen molar-refractivity contribution in [1.29, 1.82) is 0 Å². The van der Waals surface area contributed by atoms with Crippen LogP contribution in [0, 0.1) is 13.8 Å². The molecular formula is C34H29ClF3N5O7S2. The Morgan fingerprint density at radius 1 is 0.885 bits per heavy atom. The molecule has 0 saturated carbocycles. The van der Waals surface area contributed by atoms with Gasteiger partial charge >= 0.3 is 12.3 Å². The van der Waals surface area contributed by atoms with Crippen molar-refractivity contribution >= 4 is 48.9 Å². The fourth-order valence-electron chi connectivity index (χ4n) is 5.04. The molecule has 12 nitrogen and oxygen atoms in total. The van der Waals surface area contributed by atoms with E-state index in [0.29, 0.717) is 26.8 Å². The van der Waals surface area contributed by atoms with Crippen LogP contribution in [0.3, 0.4) is 0 Å². The van der Waals surface area contributed by atoms with Gasteiger partial charge in [0.25, 0.3) is 20.1 Å². The van der Waals surface area contributed by atoms with Gasteiger partial charge in [0.1, 0.15) is 5.69 Å². The van der Waals surface area contributed by atoms with E-state index >= 15 is 0 Å². The van der Waals surface area contributed by atoms with Crippen LogP contribution in [0.2, 0.25) is 5.02 Å². The minimum absolute atomic E-state index is 0.0576. The van der Waals surface area contributed by atoms with Gasteiger partial charge < -0.3 is 5.11 Å². The lowest BCUT2D eigenvalue weighted by atomic mass is 10.1. The lowest BCUT2D eigenvalue weighted by molar-refractivity contribution is -0.137. The number of nitrogens with one attached hydrogen (secondary N) is 1. The number of rotatable bonds is 8. The number of sulfonamides is 1. The van der Waals surface area contributed by atoms with Crippen LogP contribution in [0.5, 0.6) is 0 Å². The lowest BCUT2D eigenvalue weighted by Gasteiger charge is -2.19. The number of aryl methyl sites for hydroxylation is 2. The van der Waals surface area contributed by atoms with Crippen LogP contribution in [-0.4, -0.2) is 63.2 Å². The largest absolute Gasteiger partial charge is 0.464 e. The van der Waals surface area contributed by atoms with Gasteiger partial charge in [0.15, 0.2) is 5.82 Å². The Labute approximate surface area is 300 Å². The third-order valence-electron chi connectivity index (χ3n) is 7.72. The van der Waals surface area contributed by atoms with Crippen LogP contribution in [0.15, 0.2) is 107 Å². The van der Waals surface area contributed by atoms with Gasteiger partial charge in [0.2, 0.25) is 0 Å². The molecule has 6 rings (SSSR count). The first-order chi connectivity index (χ1) is 24.4. The number of alkyl halides is 3. The number of H-pyrrole nitrogens is 1. The van der Waals surface area contributed by atoms with Crippen molar-refractivity contribution in [2.24, 2.45) is 0 Å². The first-order valence-corrected chi connectivity index (χ1v) is 18.4. The third kappa shape index (κ3) is 8.45. The Morgan fingerprint density at radius 2 is 1.46 bits per heavy atom. The summed E-state index contributed by atoms with van der Waals surface area (Å²) in [6, 6.07) is 22.2. The second kappa shape index (κ2) is 14.8. The molecular weight excluding hydrogens is 747 g/mol. The fraction of sp³-hybridized carbons (Fsp3) is 0.147. The van der Waals surface area contributed by atoms with Gasteiger partial charge in [-0.05, 0) is 80.4 Å². The molecule has 18 heteroatoms. The van der Waals surface area contributed by atoms with Gasteiger partial charge in [0, 0.05) is 18.4 Å². The van der Waals surface area contributed by atoms with Crippen molar-refractivity contribution < 1.29 is 44.5 Å². The van der Waals surface area contributed by atoms with Gasteiger partial charge in [-0.25, -0.2) is 22.5 Å². The van der Waals surface area contributed by atoms with E-state index in [0.717, 1.165) is 17.2 Å². The molecule has 6 aromatic rings. The van der Waals surface area contributed by atoms with E-state index in [4.69, 9.17) is 16.2 Å². The summed E-state index contributed by atoms with van der Waals surface area (Å²) in [6.45, 7) is 3.30. The molecule has 0 saturated heterocycles. The van der Waals surface area contributed by atoms with Gasteiger partial charge in [-0.3, -0.25) is 14.2 Å². The van der Waals surface area contributed by atoms with E-state index in [1.165, 1.54) is 30.3 Å². The van der Waals surface area contributed by atoms with Crippen LogP contribution < -0.4 is 0 Å². The minimum atomic E-state index is -4.67. The molecule has 0 aliphatic carbocycles. The predicted molar refractivity (Wildman–Crippen MR) is 186 cm³/mol. The topological polar surface area (TPSA) is 176 Å². The quantitative estimate of drug-likeness (QED) is 0.132. The molecule has 52 heavy (non-hydrogen) atoms. The molecule has 0 fully saturated rings. The van der Waals surface area contributed by atoms with Crippen molar-refractivity contribution in [3.8, 4) is 17.2 Å². The maximum atomic E-state index is 13.5. The zero-order chi connectivity index (χ0) is 38.0. The summed E-state index contributed by atoms with van der Waals surface area (Å²) in [5.74, 6) is 0.269. The summed E-state index contributed by atoms with van der Waals surface area (Å²) in [7, 11) is -8.30. The highest BCUT2D eigenvalue weighted by molar-refractivity contribution is 7.89. The molecule has 0 bridgehead atoms. The number of aromatic amines is 1.